The molecule has 1 N–H and O–H groups in total. The van der Waals surface area contributed by atoms with E-state index >= 15 is 0 Å². The van der Waals surface area contributed by atoms with Gasteiger partial charge in [0.05, 0.1) is 0 Å². The molecular weight excluding hydrogens is 262 g/mol. The highest BCUT2D eigenvalue weighted by Crippen LogP contribution is 2.16. The second-order valence-corrected chi connectivity index (χ2v) is 4.12. The molecule has 0 aliphatic carbocycles. The fourth-order valence-electron chi connectivity index (χ4n) is 1.62. The van der Waals surface area contributed by atoms with E-state index in [9.17, 15) is 4.79 Å². The summed E-state index contributed by atoms with van der Waals surface area (Å²) in [6.07, 6.45) is 3.40. The van der Waals surface area contributed by atoms with Gasteiger partial charge in [-0.05, 0) is 29.0 Å². The Morgan fingerprint density at radius 1 is 1.50 bits per heavy atom. The molecule has 106 valence electrons. The van der Waals surface area contributed by atoms with Crippen molar-refractivity contribution in [3.8, 4) is 5.75 Å². The van der Waals surface area contributed by atoms with Gasteiger partial charge in [-0.1, -0.05) is 13.3 Å². The number of rotatable bonds is 7. The van der Waals surface area contributed by atoms with E-state index in [4.69, 9.17) is 9.84 Å². The van der Waals surface area contributed by atoms with Gasteiger partial charge in [-0.15, -0.1) is 5.10 Å². The Morgan fingerprint density at radius 2 is 2.35 bits per heavy atom. The minimum atomic E-state index is -1.13. The molecule has 2 rings (SSSR count). The maximum atomic E-state index is 11.0. The summed E-state index contributed by atoms with van der Waals surface area (Å²) < 4.78 is 7.11. The highest BCUT2D eigenvalue weighted by Gasteiger charge is 2.14. The van der Waals surface area contributed by atoms with Gasteiger partial charge in [-0.2, -0.15) is 0 Å². The first-order valence-electron chi connectivity index (χ1n) is 6.28. The number of aromatic carboxylic acids is 1. The minimum Gasteiger partial charge on any atom is -0.483 e. The summed E-state index contributed by atoms with van der Waals surface area (Å²) >= 11 is 0. The van der Waals surface area contributed by atoms with Crippen LogP contribution in [-0.2, 0) is 13.2 Å². The van der Waals surface area contributed by atoms with Crippen LogP contribution < -0.4 is 4.74 Å². The number of carboxylic acids is 1. The van der Waals surface area contributed by atoms with Crippen LogP contribution in [0.3, 0.4) is 0 Å². The summed E-state index contributed by atoms with van der Waals surface area (Å²) in [5.41, 5.74) is -0.125. The van der Waals surface area contributed by atoms with Gasteiger partial charge in [0.15, 0.2) is 17.3 Å². The van der Waals surface area contributed by atoms with Crippen molar-refractivity contribution in [2.45, 2.75) is 32.9 Å². The molecule has 0 bridgehead atoms. The molecule has 8 nitrogen and oxygen atoms in total. The predicted octanol–water partition coefficient (Wildman–Crippen LogP) is 1.15. The fourth-order valence-corrected chi connectivity index (χ4v) is 1.62. The third kappa shape index (κ3) is 3.28. The topological polar surface area (TPSA) is 103 Å². The van der Waals surface area contributed by atoms with Gasteiger partial charge >= 0.3 is 5.97 Å². The van der Waals surface area contributed by atoms with Crippen LogP contribution in [0.25, 0.3) is 0 Å². The first-order valence-corrected chi connectivity index (χ1v) is 6.28. The predicted molar refractivity (Wildman–Crippen MR) is 68.3 cm³/mol. The van der Waals surface area contributed by atoms with Crippen molar-refractivity contribution in [2.75, 3.05) is 0 Å². The second kappa shape index (κ2) is 6.60. The summed E-state index contributed by atoms with van der Waals surface area (Å²) in [5.74, 6) is -0.380. The molecule has 0 aliphatic heterocycles. The first kappa shape index (κ1) is 13.9. The molecule has 2 aromatic rings. The van der Waals surface area contributed by atoms with Crippen molar-refractivity contribution in [3.63, 3.8) is 0 Å². The number of aromatic nitrogens is 5. The molecule has 0 radical (unpaired) electrons. The summed E-state index contributed by atoms with van der Waals surface area (Å²) in [6.45, 7) is 2.89. The van der Waals surface area contributed by atoms with Crippen molar-refractivity contribution in [1.82, 2.24) is 25.2 Å². The highest BCUT2D eigenvalue weighted by molar-refractivity contribution is 5.88. The average Bonchev–Trinajstić information content (AvgIpc) is 2.90. The molecule has 0 aromatic carbocycles. The van der Waals surface area contributed by atoms with E-state index in [2.05, 4.69) is 27.4 Å². The number of tetrazole rings is 1. The normalized spacial score (nSPS) is 10.4. The van der Waals surface area contributed by atoms with Crippen molar-refractivity contribution < 1.29 is 14.6 Å². The Balaban J connectivity index is 2.06. The van der Waals surface area contributed by atoms with Crippen LogP contribution in [0.2, 0.25) is 0 Å². The summed E-state index contributed by atoms with van der Waals surface area (Å²) in [5, 5.41) is 20.3. The van der Waals surface area contributed by atoms with Crippen LogP contribution in [0.4, 0.5) is 0 Å². The monoisotopic (exact) mass is 277 g/mol. The Morgan fingerprint density at radius 3 is 3.10 bits per heavy atom. The number of carbonyl (C=O) groups is 1. The van der Waals surface area contributed by atoms with E-state index in [-0.39, 0.29) is 18.1 Å². The summed E-state index contributed by atoms with van der Waals surface area (Å²) in [6, 6.07) is 3.17. The number of hydrogen-bond donors (Lipinski definition) is 1. The lowest BCUT2D eigenvalue weighted by molar-refractivity contribution is 0.0684. The molecule has 0 unspecified atom stereocenters. The largest absolute Gasteiger partial charge is 0.483 e. The molecule has 2 aromatic heterocycles. The maximum Gasteiger partial charge on any atom is 0.358 e. The number of pyridine rings is 1. The Kier molecular flexibility index (Phi) is 4.59. The molecule has 8 heteroatoms. The molecule has 2 heterocycles. The van der Waals surface area contributed by atoms with E-state index < -0.39 is 5.97 Å². The van der Waals surface area contributed by atoms with Crippen LogP contribution in [-0.4, -0.2) is 36.3 Å². The average molecular weight is 277 g/mol. The van der Waals surface area contributed by atoms with E-state index in [1.165, 1.54) is 6.20 Å². The number of unbranched alkanes of at least 4 members (excludes halogenated alkanes) is 1. The molecule has 0 saturated heterocycles. The number of aryl methyl sites for hydroxylation is 1. The Hall–Kier alpha value is -2.51. The highest BCUT2D eigenvalue weighted by atomic mass is 16.5. The number of nitrogens with zero attached hydrogens (tertiary/aromatic N) is 5. The molecule has 0 aliphatic rings. The zero-order valence-corrected chi connectivity index (χ0v) is 11.1. The van der Waals surface area contributed by atoms with E-state index in [1.807, 2.05) is 0 Å². The minimum absolute atomic E-state index is 0.0999. The molecular formula is C12H15N5O3. The zero-order valence-electron chi connectivity index (χ0n) is 11.1. The fraction of sp³-hybridized carbons (Fsp3) is 0.417. The number of hydrogen-bond acceptors (Lipinski definition) is 6. The molecule has 20 heavy (non-hydrogen) atoms. The quantitative estimate of drug-likeness (QED) is 0.809. The van der Waals surface area contributed by atoms with Gasteiger partial charge < -0.3 is 9.84 Å². The van der Waals surface area contributed by atoms with E-state index in [0.717, 1.165) is 12.8 Å². The lowest BCUT2D eigenvalue weighted by atomic mass is 10.3. The SMILES string of the molecule is CCCCn1nnnc1COc1cccnc1C(=O)O. The van der Waals surface area contributed by atoms with E-state index in [0.29, 0.717) is 12.4 Å². The molecule has 0 saturated carbocycles. The first-order chi connectivity index (χ1) is 9.72. The maximum absolute atomic E-state index is 11.0. The summed E-state index contributed by atoms with van der Waals surface area (Å²) in [4.78, 5) is 14.8. The standard InChI is InChI=1S/C12H15N5O3/c1-2-3-7-17-10(14-15-16-17)8-20-9-5-4-6-13-11(9)12(18)19/h4-6H,2-3,7-8H2,1H3,(H,18,19). The Labute approximate surface area is 115 Å². The molecule has 0 fully saturated rings. The lowest BCUT2D eigenvalue weighted by Crippen LogP contribution is -2.11. The van der Waals surface area contributed by atoms with Crippen molar-refractivity contribution in [1.29, 1.82) is 0 Å². The van der Waals surface area contributed by atoms with Crippen LogP contribution in [0.15, 0.2) is 18.3 Å². The third-order valence-corrected chi connectivity index (χ3v) is 2.66. The second-order valence-electron chi connectivity index (χ2n) is 4.12. The molecule has 0 atom stereocenters. The van der Waals surface area contributed by atoms with Gasteiger partial charge in [0.25, 0.3) is 0 Å². The van der Waals surface area contributed by atoms with Crippen LogP contribution in [0, 0.1) is 0 Å². The van der Waals surface area contributed by atoms with Gasteiger partial charge in [0, 0.05) is 12.7 Å². The van der Waals surface area contributed by atoms with Crippen molar-refractivity contribution >= 4 is 5.97 Å². The van der Waals surface area contributed by atoms with E-state index in [1.54, 1.807) is 16.8 Å². The van der Waals surface area contributed by atoms with Crippen LogP contribution >= 0.6 is 0 Å². The summed E-state index contributed by atoms with van der Waals surface area (Å²) in [7, 11) is 0. The van der Waals surface area contributed by atoms with Crippen molar-refractivity contribution in [2.24, 2.45) is 0 Å². The van der Waals surface area contributed by atoms with Crippen LogP contribution in [0.1, 0.15) is 36.1 Å². The van der Waals surface area contributed by atoms with Gasteiger partial charge in [0.1, 0.15) is 6.61 Å². The third-order valence-electron chi connectivity index (χ3n) is 2.66. The Bertz CT molecular complexity index is 584. The molecule has 0 amide bonds. The van der Waals surface area contributed by atoms with Gasteiger partial charge in [0.2, 0.25) is 0 Å². The van der Waals surface area contributed by atoms with Crippen molar-refractivity contribution in [3.05, 3.63) is 29.8 Å². The van der Waals surface area contributed by atoms with Gasteiger partial charge in [-0.25, -0.2) is 14.5 Å². The zero-order chi connectivity index (χ0) is 14.4. The van der Waals surface area contributed by atoms with Crippen LogP contribution in [0.5, 0.6) is 5.75 Å². The lowest BCUT2D eigenvalue weighted by Gasteiger charge is -2.08. The number of ether oxygens (including phenoxy) is 1. The number of carboxylic acid groups (broad SMARTS) is 1. The smallest absolute Gasteiger partial charge is 0.358 e. The van der Waals surface area contributed by atoms with Gasteiger partial charge in [-0.3, -0.25) is 0 Å². The molecule has 0 spiro atoms.